The first-order valence-corrected chi connectivity index (χ1v) is 7.89. The standard InChI is InChI=1S/C16H31NO/c1-16(2)10-7-14(8-11-16)18-12-9-13-5-4-6-15(13)17-3/h13-15,17H,4-12H2,1-3H3. The lowest BCUT2D eigenvalue weighted by Gasteiger charge is -2.34. The lowest BCUT2D eigenvalue weighted by Crippen LogP contribution is -2.31. The van der Waals surface area contributed by atoms with Gasteiger partial charge in [-0.1, -0.05) is 20.3 Å². The van der Waals surface area contributed by atoms with E-state index in [0.717, 1.165) is 18.6 Å². The van der Waals surface area contributed by atoms with Gasteiger partial charge in [0.25, 0.3) is 0 Å². The second-order valence-electron chi connectivity index (χ2n) is 7.11. The Morgan fingerprint density at radius 1 is 1.11 bits per heavy atom. The van der Waals surface area contributed by atoms with Crippen molar-refractivity contribution in [2.75, 3.05) is 13.7 Å². The second-order valence-corrected chi connectivity index (χ2v) is 7.11. The molecule has 0 radical (unpaired) electrons. The quantitative estimate of drug-likeness (QED) is 0.805. The maximum atomic E-state index is 6.10. The summed E-state index contributed by atoms with van der Waals surface area (Å²) >= 11 is 0. The van der Waals surface area contributed by atoms with Gasteiger partial charge in [0, 0.05) is 12.6 Å². The van der Waals surface area contributed by atoms with Crippen LogP contribution in [0, 0.1) is 11.3 Å². The molecule has 0 heterocycles. The monoisotopic (exact) mass is 253 g/mol. The van der Waals surface area contributed by atoms with E-state index in [1.54, 1.807) is 0 Å². The molecule has 0 aliphatic heterocycles. The Morgan fingerprint density at radius 3 is 2.50 bits per heavy atom. The molecule has 1 N–H and O–H groups in total. The Morgan fingerprint density at radius 2 is 1.83 bits per heavy atom. The van der Waals surface area contributed by atoms with Crippen LogP contribution in [0.2, 0.25) is 0 Å². The Labute approximate surface area is 113 Å². The van der Waals surface area contributed by atoms with Crippen LogP contribution < -0.4 is 5.32 Å². The van der Waals surface area contributed by atoms with Gasteiger partial charge in [-0.3, -0.25) is 0 Å². The lowest BCUT2D eigenvalue weighted by atomic mass is 9.76. The average molecular weight is 253 g/mol. The Kier molecular flexibility index (Phi) is 5.08. The molecule has 0 aromatic rings. The van der Waals surface area contributed by atoms with E-state index in [0.29, 0.717) is 11.5 Å². The van der Waals surface area contributed by atoms with Gasteiger partial charge in [0.1, 0.15) is 0 Å². The van der Waals surface area contributed by atoms with E-state index in [9.17, 15) is 0 Å². The number of nitrogens with one attached hydrogen (secondary N) is 1. The molecule has 0 aromatic carbocycles. The minimum Gasteiger partial charge on any atom is -0.378 e. The third-order valence-electron chi connectivity index (χ3n) is 5.16. The molecule has 2 nitrogen and oxygen atoms in total. The molecular weight excluding hydrogens is 222 g/mol. The first-order chi connectivity index (χ1) is 8.61. The molecule has 2 fully saturated rings. The molecule has 2 saturated carbocycles. The summed E-state index contributed by atoms with van der Waals surface area (Å²) in [5.74, 6) is 0.857. The fourth-order valence-electron chi connectivity index (χ4n) is 3.69. The Balaban J connectivity index is 1.61. The molecule has 0 saturated heterocycles. The van der Waals surface area contributed by atoms with Crippen molar-refractivity contribution in [3.63, 3.8) is 0 Å². The summed E-state index contributed by atoms with van der Waals surface area (Å²) in [4.78, 5) is 0. The van der Waals surface area contributed by atoms with Crippen molar-refractivity contribution in [3.8, 4) is 0 Å². The van der Waals surface area contributed by atoms with Crippen molar-refractivity contribution in [1.29, 1.82) is 0 Å². The van der Waals surface area contributed by atoms with Crippen molar-refractivity contribution in [3.05, 3.63) is 0 Å². The van der Waals surface area contributed by atoms with Crippen LogP contribution in [0.5, 0.6) is 0 Å². The zero-order valence-corrected chi connectivity index (χ0v) is 12.5. The molecule has 2 aliphatic carbocycles. The van der Waals surface area contributed by atoms with E-state index in [1.807, 2.05) is 0 Å². The molecule has 0 bridgehead atoms. The van der Waals surface area contributed by atoms with Crippen LogP contribution in [-0.4, -0.2) is 25.8 Å². The van der Waals surface area contributed by atoms with E-state index >= 15 is 0 Å². The zero-order chi connectivity index (χ0) is 13.0. The SMILES string of the molecule is CNC1CCCC1CCOC1CCC(C)(C)CC1. The predicted octanol–water partition coefficient (Wildman–Crippen LogP) is 3.75. The van der Waals surface area contributed by atoms with Crippen molar-refractivity contribution in [1.82, 2.24) is 5.32 Å². The minimum absolute atomic E-state index is 0.549. The summed E-state index contributed by atoms with van der Waals surface area (Å²) in [5, 5.41) is 3.46. The number of ether oxygens (including phenoxy) is 1. The molecule has 2 atom stereocenters. The molecular formula is C16H31NO. The highest BCUT2D eigenvalue weighted by Crippen LogP contribution is 2.36. The number of rotatable bonds is 5. The first kappa shape index (κ1) is 14.3. The van der Waals surface area contributed by atoms with Crippen LogP contribution >= 0.6 is 0 Å². The van der Waals surface area contributed by atoms with Crippen LogP contribution in [0.3, 0.4) is 0 Å². The largest absolute Gasteiger partial charge is 0.378 e. The van der Waals surface area contributed by atoms with E-state index < -0.39 is 0 Å². The summed E-state index contributed by atoms with van der Waals surface area (Å²) in [5.41, 5.74) is 0.558. The second kappa shape index (κ2) is 6.38. The summed E-state index contributed by atoms with van der Waals surface area (Å²) < 4.78 is 6.10. The summed E-state index contributed by atoms with van der Waals surface area (Å²) in [6.45, 7) is 5.76. The van der Waals surface area contributed by atoms with E-state index in [4.69, 9.17) is 4.74 Å². The van der Waals surface area contributed by atoms with Crippen molar-refractivity contribution >= 4 is 0 Å². The maximum absolute atomic E-state index is 6.10. The molecule has 0 spiro atoms. The maximum Gasteiger partial charge on any atom is 0.0575 e. The van der Waals surface area contributed by atoms with Gasteiger partial charge in [-0.2, -0.15) is 0 Å². The van der Waals surface area contributed by atoms with Crippen LogP contribution in [0.15, 0.2) is 0 Å². The normalized spacial score (nSPS) is 32.8. The van der Waals surface area contributed by atoms with E-state index in [1.165, 1.54) is 51.4 Å². The van der Waals surface area contributed by atoms with Crippen LogP contribution in [-0.2, 0) is 4.74 Å². The van der Waals surface area contributed by atoms with Crippen molar-refractivity contribution < 1.29 is 4.74 Å². The number of hydrogen-bond acceptors (Lipinski definition) is 2. The lowest BCUT2D eigenvalue weighted by molar-refractivity contribution is -0.00182. The van der Waals surface area contributed by atoms with E-state index in [2.05, 4.69) is 26.2 Å². The van der Waals surface area contributed by atoms with Gasteiger partial charge in [-0.15, -0.1) is 0 Å². The predicted molar refractivity (Wildman–Crippen MR) is 76.8 cm³/mol. The van der Waals surface area contributed by atoms with Crippen LogP contribution in [0.1, 0.15) is 65.2 Å². The Bertz CT molecular complexity index is 241. The molecule has 0 amide bonds. The van der Waals surface area contributed by atoms with Gasteiger partial charge >= 0.3 is 0 Å². The fraction of sp³-hybridized carbons (Fsp3) is 1.00. The summed E-state index contributed by atoms with van der Waals surface area (Å²) in [7, 11) is 2.10. The highest BCUT2D eigenvalue weighted by molar-refractivity contribution is 4.82. The van der Waals surface area contributed by atoms with Crippen LogP contribution in [0.4, 0.5) is 0 Å². The highest BCUT2D eigenvalue weighted by atomic mass is 16.5. The molecule has 2 aliphatic rings. The molecule has 106 valence electrons. The topological polar surface area (TPSA) is 21.3 Å². The fourth-order valence-corrected chi connectivity index (χ4v) is 3.69. The van der Waals surface area contributed by atoms with E-state index in [-0.39, 0.29) is 0 Å². The molecule has 18 heavy (non-hydrogen) atoms. The first-order valence-electron chi connectivity index (χ1n) is 7.89. The van der Waals surface area contributed by atoms with Crippen molar-refractivity contribution in [2.45, 2.75) is 77.4 Å². The van der Waals surface area contributed by atoms with Gasteiger partial charge in [0.15, 0.2) is 0 Å². The van der Waals surface area contributed by atoms with Crippen LogP contribution in [0.25, 0.3) is 0 Å². The molecule has 2 unspecified atom stereocenters. The molecule has 2 heteroatoms. The van der Waals surface area contributed by atoms with Crippen molar-refractivity contribution in [2.24, 2.45) is 11.3 Å². The molecule has 0 aromatic heterocycles. The third-order valence-corrected chi connectivity index (χ3v) is 5.16. The van der Waals surface area contributed by atoms with Gasteiger partial charge in [-0.05, 0) is 63.3 Å². The zero-order valence-electron chi connectivity index (χ0n) is 12.5. The Hall–Kier alpha value is -0.0800. The van der Waals surface area contributed by atoms with Gasteiger partial charge in [0.2, 0.25) is 0 Å². The molecule has 2 rings (SSSR count). The minimum atomic E-state index is 0.549. The summed E-state index contributed by atoms with van der Waals surface area (Å²) in [6.07, 6.45) is 11.2. The number of hydrogen-bond donors (Lipinski definition) is 1. The third kappa shape index (κ3) is 3.96. The van der Waals surface area contributed by atoms with Gasteiger partial charge in [0.05, 0.1) is 6.10 Å². The van der Waals surface area contributed by atoms with Gasteiger partial charge < -0.3 is 10.1 Å². The average Bonchev–Trinajstić information content (AvgIpc) is 2.79. The highest BCUT2D eigenvalue weighted by Gasteiger charge is 2.28. The van der Waals surface area contributed by atoms with Gasteiger partial charge in [-0.25, -0.2) is 0 Å². The smallest absolute Gasteiger partial charge is 0.0575 e. The summed E-state index contributed by atoms with van der Waals surface area (Å²) in [6, 6.07) is 0.749.